The molecule has 0 aliphatic carbocycles. The van der Waals surface area contributed by atoms with E-state index in [1.165, 1.54) is 12.8 Å². The number of carbonyl (C=O) groups excluding carboxylic acids is 1. The number of hydrogen-bond donors (Lipinski definition) is 1. The summed E-state index contributed by atoms with van der Waals surface area (Å²) < 4.78 is 5.26. The minimum absolute atomic E-state index is 0.514. The van der Waals surface area contributed by atoms with Gasteiger partial charge in [-0.25, -0.2) is 0 Å². The standard InChI is InChI=1S/C13H24O4/c1-4-6-7-8-9-13(3,5-2)17-12(16)10-11(14)15/h4-10H2,1-3H3,(H,14,15). The smallest absolute Gasteiger partial charge is 0.317 e. The predicted octanol–water partition coefficient (Wildman–Crippen LogP) is 3.14. The van der Waals surface area contributed by atoms with Crippen LogP contribution in [0, 0.1) is 0 Å². The van der Waals surface area contributed by atoms with Crippen LogP contribution in [-0.2, 0) is 14.3 Å². The Bertz CT molecular complexity index is 250. The Morgan fingerprint density at radius 2 is 1.82 bits per heavy atom. The summed E-state index contributed by atoms with van der Waals surface area (Å²) in [5, 5.41) is 8.50. The van der Waals surface area contributed by atoms with E-state index in [0.29, 0.717) is 6.42 Å². The van der Waals surface area contributed by atoms with Crippen molar-refractivity contribution in [2.45, 2.75) is 71.3 Å². The van der Waals surface area contributed by atoms with E-state index in [4.69, 9.17) is 9.84 Å². The van der Waals surface area contributed by atoms with Gasteiger partial charge in [-0.05, 0) is 26.2 Å². The van der Waals surface area contributed by atoms with Gasteiger partial charge in [0, 0.05) is 0 Å². The Kier molecular flexibility index (Phi) is 7.59. The van der Waals surface area contributed by atoms with E-state index in [-0.39, 0.29) is 0 Å². The van der Waals surface area contributed by atoms with Gasteiger partial charge in [0.25, 0.3) is 0 Å². The predicted molar refractivity (Wildman–Crippen MR) is 65.8 cm³/mol. The Balaban J connectivity index is 4.08. The zero-order chi connectivity index (χ0) is 13.3. The van der Waals surface area contributed by atoms with Crippen LogP contribution in [0.25, 0.3) is 0 Å². The average molecular weight is 244 g/mol. The molecule has 0 fully saturated rings. The number of aliphatic carboxylic acids is 1. The van der Waals surface area contributed by atoms with Gasteiger partial charge in [0.15, 0.2) is 0 Å². The lowest BCUT2D eigenvalue weighted by Gasteiger charge is -2.28. The molecule has 0 aliphatic rings. The summed E-state index contributed by atoms with van der Waals surface area (Å²) in [4.78, 5) is 21.7. The Morgan fingerprint density at radius 1 is 1.18 bits per heavy atom. The van der Waals surface area contributed by atoms with Gasteiger partial charge in [-0.15, -0.1) is 0 Å². The number of carbonyl (C=O) groups is 2. The number of carboxylic acids is 1. The maximum Gasteiger partial charge on any atom is 0.317 e. The van der Waals surface area contributed by atoms with Gasteiger partial charge in [0.05, 0.1) is 0 Å². The van der Waals surface area contributed by atoms with E-state index < -0.39 is 24.0 Å². The third-order valence-electron chi connectivity index (χ3n) is 2.96. The summed E-state index contributed by atoms with van der Waals surface area (Å²) in [5.41, 5.74) is -0.514. The molecule has 1 N–H and O–H groups in total. The van der Waals surface area contributed by atoms with Gasteiger partial charge in [-0.2, -0.15) is 0 Å². The molecule has 0 bridgehead atoms. The van der Waals surface area contributed by atoms with Crippen molar-refractivity contribution in [1.29, 1.82) is 0 Å². The third-order valence-corrected chi connectivity index (χ3v) is 2.96. The van der Waals surface area contributed by atoms with E-state index in [2.05, 4.69) is 6.92 Å². The largest absolute Gasteiger partial charge is 0.481 e. The molecule has 0 heterocycles. The van der Waals surface area contributed by atoms with Crippen LogP contribution >= 0.6 is 0 Å². The molecule has 0 aromatic heterocycles. The van der Waals surface area contributed by atoms with E-state index in [1.54, 1.807) is 0 Å². The summed E-state index contributed by atoms with van der Waals surface area (Å²) in [6.45, 7) is 5.97. The highest BCUT2D eigenvalue weighted by Gasteiger charge is 2.26. The highest BCUT2D eigenvalue weighted by atomic mass is 16.6. The molecule has 0 amide bonds. The molecular formula is C13H24O4. The van der Waals surface area contributed by atoms with Crippen molar-refractivity contribution in [3.05, 3.63) is 0 Å². The molecule has 4 heteroatoms. The molecule has 4 nitrogen and oxygen atoms in total. The number of esters is 1. The topological polar surface area (TPSA) is 63.6 Å². The van der Waals surface area contributed by atoms with Gasteiger partial charge in [-0.3, -0.25) is 9.59 Å². The van der Waals surface area contributed by atoms with E-state index >= 15 is 0 Å². The highest BCUT2D eigenvalue weighted by Crippen LogP contribution is 2.24. The maximum absolute atomic E-state index is 11.3. The second-order valence-corrected chi connectivity index (χ2v) is 4.66. The van der Waals surface area contributed by atoms with Crippen molar-refractivity contribution in [3.8, 4) is 0 Å². The van der Waals surface area contributed by atoms with Crippen LogP contribution in [-0.4, -0.2) is 22.6 Å². The third kappa shape index (κ3) is 7.77. The lowest BCUT2D eigenvalue weighted by molar-refractivity contribution is -0.163. The first-order valence-corrected chi connectivity index (χ1v) is 6.37. The first kappa shape index (κ1) is 15.9. The number of rotatable bonds is 9. The molecule has 0 saturated heterocycles. The summed E-state index contributed by atoms with van der Waals surface area (Å²) in [7, 11) is 0. The first-order chi connectivity index (χ1) is 7.93. The molecule has 1 atom stereocenters. The molecule has 1 unspecified atom stereocenters. The van der Waals surface area contributed by atoms with Crippen molar-refractivity contribution >= 4 is 11.9 Å². The Morgan fingerprint density at radius 3 is 2.29 bits per heavy atom. The molecule has 0 spiro atoms. The van der Waals surface area contributed by atoms with Crippen LogP contribution in [0.5, 0.6) is 0 Å². The van der Waals surface area contributed by atoms with E-state index in [9.17, 15) is 9.59 Å². The number of carboxylic acid groups (broad SMARTS) is 1. The van der Waals surface area contributed by atoms with Crippen molar-refractivity contribution in [1.82, 2.24) is 0 Å². The fraction of sp³-hybridized carbons (Fsp3) is 0.846. The molecular weight excluding hydrogens is 220 g/mol. The number of ether oxygens (including phenoxy) is 1. The van der Waals surface area contributed by atoms with Crippen LogP contribution in [0.4, 0.5) is 0 Å². The van der Waals surface area contributed by atoms with Crippen LogP contribution in [0.1, 0.15) is 65.7 Å². The minimum Gasteiger partial charge on any atom is -0.481 e. The summed E-state index contributed by atoms with van der Waals surface area (Å²) in [5.74, 6) is -1.78. The van der Waals surface area contributed by atoms with Gasteiger partial charge < -0.3 is 9.84 Å². The molecule has 0 aromatic rings. The maximum atomic E-state index is 11.3. The molecule has 0 aliphatic heterocycles. The van der Waals surface area contributed by atoms with E-state index in [1.807, 2.05) is 13.8 Å². The van der Waals surface area contributed by atoms with Crippen molar-refractivity contribution in [2.24, 2.45) is 0 Å². The van der Waals surface area contributed by atoms with Gasteiger partial charge in [0.2, 0.25) is 0 Å². The number of hydrogen-bond acceptors (Lipinski definition) is 3. The second kappa shape index (κ2) is 8.09. The lowest BCUT2D eigenvalue weighted by Crippen LogP contribution is -2.31. The van der Waals surface area contributed by atoms with Gasteiger partial charge >= 0.3 is 11.9 Å². The molecule has 0 rings (SSSR count). The normalized spacial score (nSPS) is 14.1. The fourth-order valence-electron chi connectivity index (χ4n) is 1.66. The van der Waals surface area contributed by atoms with E-state index in [0.717, 1.165) is 19.3 Å². The summed E-state index contributed by atoms with van der Waals surface area (Å²) in [6, 6.07) is 0. The summed E-state index contributed by atoms with van der Waals surface area (Å²) >= 11 is 0. The number of unbranched alkanes of at least 4 members (excludes halogenated alkanes) is 3. The minimum atomic E-state index is -1.14. The fourth-order valence-corrected chi connectivity index (χ4v) is 1.66. The molecule has 100 valence electrons. The lowest BCUT2D eigenvalue weighted by atomic mass is 9.95. The zero-order valence-corrected chi connectivity index (χ0v) is 11.1. The highest BCUT2D eigenvalue weighted by molar-refractivity contribution is 5.90. The Labute approximate surface area is 103 Å². The quantitative estimate of drug-likeness (QED) is 0.384. The van der Waals surface area contributed by atoms with Crippen LogP contribution < -0.4 is 0 Å². The average Bonchev–Trinajstić information content (AvgIpc) is 2.23. The molecule has 0 radical (unpaired) electrons. The zero-order valence-electron chi connectivity index (χ0n) is 11.1. The monoisotopic (exact) mass is 244 g/mol. The van der Waals surface area contributed by atoms with Crippen LogP contribution in [0.3, 0.4) is 0 Å². The molecule has 17 heavy (non-hydrogen) atoms. The summed E-state index contributed by atoms with van der Waals surface area (Å²) in [6.07, 6.45) is 5.45. The second-order valence-electron chi connectivity index (χ2n) is 4.66. The SMILES string of the molecule is CCCCCCC(C)(CC)OC(=O)CC(=O)O. The van der Waals surface area contributed by atoms with Crippen LogP contribution in [0.2, 0.25) is 0 Å². The van der Waals surface area contributed by atoms with Crippen molar-refractivity contribution in [3.63, 3.8) is 0 Å². The van der Waals surface area contributed by atoms with Crippen LogP contribution in [0.15, 0.2) is 0 Å². The first-order valence-electron chi connectivity index (χ1n) is 6.37. The molecule has 0 aromatic carbocycles. The van der Waals surface area contributed by atoms with Gasteiger partial charge in [0.1, 0.15) is 12.0 Å². The van der Waals surface area contributed by atoms with Crippen molar-refractivity contribution < 1.29 is 19.4 Å². The molecule has 0 saturated carbocycles. The Hall–Kier alpha value is -1.06. The van der Waals surface area contributed by atoms with Crippen molar-refractivity contribution in [2.75, 3.05) is 0 Å². The van der Waals surface area contributed by atoms with Gasteiger partial charge in [-0.1, -0.05) is 33.1 Å².